The largest absolute Gasteiger partial charge is 0.508 e. The molecule has 0 aliphatic carbocycles. The highest BCUT2D eigenvalue weighted by Crippen LogP contribution is 2.23. The zero-order valence-electron chi connectivity index (χ0n) is 8.46. The van der Waals surface area contributed by atoms with Crippen LogP contribution in [0.5, 0.6) is 5.75 Å². The van der Waals surface area contributed by atoms with Crippen molar-refractivity contribution >= 4 is 5.91 Å². The van der Waals surface area contributed by atoms with E-state index in [9.17, 15) is 9.18 Å². The Labute approximate surface area is 87.1 Å². The summed E-state index contributed by atoms with van der Waals surface area (Å²) in [5.74, 6) is -1.08. The van der Waals surface area contributed by atoms with Crippen molar-refractivity contribution in [2.75, 3.05) is 13.1 Å². The third-order valence-electron chi connectivity index (χ3n) is 2.63. The number of carbonyl (C=O) groups is 1. The van der Waals surface area contributed by atoms with Crippen LogP contribution in [0.25, 0.3) is 0 Å². The van der Waals surface area contributed by atoms with Gasteiger partial charge in [-0.1, -0.05) is 0 Å². The number of carbonyl (C=O) groups excluding carboxylic acids is 1. The smallest absolute Gasteiger partial charge is 0.257 e. The van der Waals surface area contributed by atoms with Crippen LogP contribution in [0, 0.1) is 12.7 Å². The lowest BCUT2D eigenvalue weighted by molar-refractivity contribution is 0.0646. The second kappa shape index (κ2) is 3.53. The lowest BCUT2D eigenvalue weighted by Gasteiger charge is -2.31. The first kappa shape index (κ1) is 9.96. The van der Waals surface area contributed by atoms with Gasteiger partial charge < -0.3 is 10.0 Å². The number of hydrogen-bond donors (Lipinski definition) is 1. The first-order valence-electron chi connectivity index (χ1n) is 4.88. The lowest BCUT2D eigenvalue weighted by atomic mass is 10.0. The van der Waals surface area contributed by atoms with Gasteiger partial charge in [0.2, 0.25) is 0 Å². The van der Waals surface area contributed by atoms with Crippen molar-refractivity contribution in [2.45, 2.75) is 13.3 Å². The summed E-state index contributed by atoms with van der Waals surface area (Å²) in [6.45, 7) is 3.01. The number of hydrogen-bond acceptors (Lipinski definition) is 2. The maximum Gasteiger partial charge on any atom is 0.257 e. The fourth-order valence-electron chi connectivity index (χ4n) is 1.67. The van der Waals surface area contributed by atoms with Crippen molar-refractivity contribution in [1.82, 2.24) is 4.90 Å². The Morgan fingerprint density at radius 2 is 2.13 bits per heavy atom. The minimum Gasteiger partial charge on any atom is -0.508 e. The number of aromatic hydroxyl groups is 1. The molecule has 4 heteroatoms. The van der Waals surface area contributed by atoms with Crippen molar-refractivity contribution in [3.63, 3.8) is 0 Å². The Bertz CT molecular complexity index is 390. The van der Waals surface area contributed by atoms with E-state index in [-0.39, 0.29) is 17.2 Å². The molecule has 1 aliphatic rings. The van der Waals surface area contributed by atoms with E-state index in [1.54, 1.807) is 11.8 Å². The monoisotopic (exact) mass is 209 g/mol. The van der Waals surface area contributed by atoms with Crippen molar-refractivity contribution < 1.29 is 14.3 Å². The molecule has 1 aromatic carbocycles. The van der Waals surface area contributed by atoms with Gasteiger partial charge in [-0.25, -0.2) is 4.39 Å². The van der Waals surface area contributed by atoms with Crippen LogP contribution in [0.3, 0.4) is 0 Å². The average Bonchev–Trinajstić information content (AvgIpc) is 1.97. The van der Waals surface area contributed by atoms with E-state index in [4.69, 9.17) is 5.11 Å². The Kier molecular flexibility index (Phi) is 2.34. The van der Waals surface area contributed by atoms with E-state index in [0.717, 1.165) is 12.5 Å². The van der Waals surface area contributed by atoms with Crippen LogP contribution in [0.4, 0.5) is 4.39 Å². The first-order valence-corrected chi connectivity index (χ1v) is 4.88. The predicted octanol–water partition coefficient (Wildman–Crippen LogP) is 1.69. The SMILES string of the molecule is Cc1cc(O)cc(F)c1C(=O)N1CCC1. The summed E-state index contributed by atoms with van der Waals surface area (Å²) in [6, 6.07) is 2.37. The van der Waals surface area contributed by atoms with Crippen LogP contribution in [0.15, 0.2) is 12.1 Å². The summed E-state index contributed by atoms with van der Waals surface area (Å²) < 4.78 is 13.5. The fraction of sp³-hybridized carbons (Fsp3) is 0.364. The molecule has 1 amide bonds. The molecular weight excluding hydrogens is 197 g/mol. The van der Waals surface area contributed by atoms with E-state index in [0.29, 0.717) is 18.7 Å². The summed E-state index contributed by atoms with van der Waals surface area (Å²) >= 11 is 0. The highest BCUT2D eigenvalue weighted by molar-refractivity contribution is 5.96. The molecule has 1 saturated heterocycles. The Morgan fingerprint density at radius 3 is 2.60 bits per heavy atom. The molecular formula is C11H12FNO2. The van der Waals surface area contributed by atoms with Crippen molar-refractivity contribution in [3.8, 4) is 5.75 Å². The molecule has 80 valence electrons. The molecule has 0 bridgehead atoms. The molecule has 1 fully saturated rings. The molecule has 0 aromatic heterocycles. The molecule has 2 rings (SSSR count). The van der Waals surface area contributed by atoms with Crippen LogP contribution in [0.1, 0.15) is 22.3 Å². The van der Waals surface area contributed by atoms with Crippen LogP contribution in [-0.2, 0) is 0 Å². The second-order valence-electron chi connectivity index (χ2n) is 3.77. The third-order valence-corrected chi connectivity index (χ3v) is 2.63. The minimum atomic E-state index is -0.649. The number of amides is 1. The minimum absolute atomic E-state index is 0.0764. The molecule has 0 saturated carbocycles. The van der Waals surface area contributed by atoms with Crippen LogP contribution >= 0.6 is 0 Å². The van der Waals surface area contributed by atoms with Gasteiger partial charge in [0, 0.05) is 19.2 Å². The van der Waals surface area contributed by atoms with Gasteiger partial charge in [-0.15, -0.1) is 0 Å². The second-order valence-corrected chi connectivity index (χ2v) is 3.77. The van der Waals surface area contributed by atoms with E-state index >= 15 is 0 Å². The molecule has 15 heavy (non-hydrogen) atoms. The molecule has 0 radical (unpaired) electrons. The Balaban J connectivity index is 2.38. The Morgan fingerprint density at radius 1 is 1.47 bits per heavy atom. The predicted molar refractivity (Wildman–Crippen MR) is 53.3 cm³/mol. The molecule has 1 aromatic rings. The number of benzene rings is 1. The standard InChI is InChI=1S/C11H12FNO2/c1-7-5-8(14)6-9(12)10(7)11(15)13-3-2-4-13/h5-6,14H,2-4H2,1H3. The number of likely N-dealkylation sites (tertiary alicyclic amines) is 1. The van der Waals surface area contributed by atoms with Gasteiger partial charge in [-0.05, 0) is 25.0 Å². The third kappa shape index (κ3) is 1.67. The molecule has 1 N–H and O–H groups in total. The highest BCUT2D eigenvalue weighted by Gasteiger charge is 2.25. The molecule has 0 spiro atoms. The van der Waals surface area contributed by atoms with Crippen molar-refractivity contribution in [2.24, 2.45) is 0 Å². The number of phenols is 1. The normalized spacial score (nSPS) is 14.9. The van der Waals surface area contributed by atoms with Gasteiger partial charge in [-0.3, -0.25) is 4.79 Å². The van der Waals surface area contributed by atoms with Gasteiger partial charge in [0.15, 0.2) is 0 Å². The van der Waals surface area contributed by atoms with Gasteiger partial charge in [0.1, 0.15) is 11.6 Å². The highest BCUT2D eigenvalue weighted by atomic mass is 19.1. The lowest BCUT2D eigenvalue weighted by Crippen LogP contribution is -2.42. The molecule has 1 aliphatic heterocycles. The maximum atomic E-state index is 13.5. The van der Waals surface area contributed by atoms with Crippen LogP contribution < -0.4 is 0 Å². The van der Waals surface area contributed by atoms with E-state index in [2.05, 4.69) is 0 Å². The number of nitrogens with zero attached hydrogens (tertiary/aromatic N) is 1. The molecule has 0 atom stereocenters. The summed E-state index contributed by atoms with van der Waals surface area (Å²) in [7, 11) is 0. The van der Waals surface area contributed by atoms with E-state index < -0.39 is 5.82 Å². The fourth-order valence-corrected chi connectivity index (χ4v) is 1.67. The Hall–Kier alpha value is -1.58. The van der Waals surface area contributed by atoms with Crippen molar-refractivity contribution in [3.05, 3.63) is 29.1 Å². The molecule has 0 unspecified atom stereocenters. The first-order chi connectivity index (χ1) is 7.09. The van der Waals surface area contributed by atoms with Gasteiger partial charge >= 0.3 is 0 Å². The zero-order valence-corrected chi connectivity index (χ0v) is 8.46. The van der Waals surface area contributed by atoms with E-state index in [1.807, 2.05) is 0 Å². The maximum absolute atomic E-state index is 13.5. The molecule has 3 nitrogen and oxygen atoms in total. The van der Waals surface area contributed by atoms with Gasteiger partial charge in [0.05, 0.1) is 5.56 Å². The molecule has 1 heterocycles. The summed E-state index contributed by atoms with van der Waals surface area (Å²) in [5, 5.41) is 9.14. The topological polar surface area (TPSA) is 40.5 Å². The number of phenolic OH excluding ortho intramolecular Hbond substituents is 1. The summed E-state index contributed by atoms with van der Waals surface area (Å²) in [5.41, 5.74) is 0.553. The van der Waals surface area contributed by atoms with Crippen molar-refractivity contribution in [1.29, 1.82) is 0 Å². The van der Waals surface area contributed by atoms with E-state index in [1.165, 1.54) is 6.07 Å². The summed E-state index contributed by atoms with van der Waals surface area (Å²) in [6.07, 6.45) is 0.977. The zero-order chi connectivity index (χ0) is 11.0. The number of rotatable bonds is 1. The van der Waals surface area contributed by atoms with Crippen LogP contribution in [0.2, 0.25) is 0 Å². The van der Waals surface area contributed by atoms with Gasteiger partial charge in [-0.2, -0.15) is 0 Å². The van der Waals surface area contributed by atoms with Gasteiger partial charge in [0.25, 0.3) is 5.91 Å². The van der Waals surface area contributed by atoms with Crippen LogP contribution in [-0.4, -0.2) is 29.0 Å². The number of halogens is 1. The summed E-state index contributed by atoms with van der Waals surface area (Å²) in [4.78, 5) is 13.4. The quantitative estimate of drug-likeness (QED) is 0.764. The average molecular weight is 209 g/mol. The number of aryl methyl sites for hydroxylation is 1.